The average Bonchev–Trinajstić information content (AvgIpc) is 3.32. The van der Waals surface area contributed by atoms with Gasteiger partial charge in [0.15, 0.2) is 0 Å². The molecule has 1 saturated heterocycles. The first kappa shape index (κ1) is 18.1. The lowest BCUT2D eigenvalue weighted by atomic mass is 9.94. The van der Waals surface area contributed by atoms with Crippen LogP contribution in [-0.4, -0.2) is 22.9 Å². The van der Waals surface area contributed by atoms with Gasteiger partial charge in [-0.1, -0.05) is 30.3 Å². The van der Waals surface area contributed by atoms with Gasteiger partial charge in [-0.25, -0.2) is 9.82 Å². The second kappa shape index (κ2) is 7.41. The van der Waals surface area contributed by atoms with E-state index in [2.05, 4.69) is 21.7 Å². The Balaban J connectivity index is 1.44. The maximum Gasteiger partial charge on any atom is 0.271 e. The summed E-state index contributed by atoms with van der Waals surface area (Å²) in [7, 11) is 1.86. The molecule has 144 valence electrons. The summed E-state index contributed by atoms with van der Waals surface area (Å²) in [4.78, 5) is 25.2. The van der Waals surface area contributed by atoms with Crippen molar-refractivity contribution in [3.8, 4) is 0 Å². The SMILES string of the molecule is Cn1cc(C(=O)NNC(=O)C2CNNC2c2ccc(F)cc2)c2ccccc21. The van der Waals surface area contributed by atoms with Gasteiger partial charge < -0.3 is 4.57 Å². The average molecular weight is 381 g/mol. The van der Waals surface area contributed by atoms with Gasteiger partial charge >= 0.3 is 0 Å². The molecule has 2 atom stereocenters. The summed E-state index contributed by atoms with van der Waals surface area (Å²) in [6, 6.07) is 13.2. The quantitative estimate of drug-likeness (QED) is 0.519. The zero-order valence-corrected chi connectivity index (χ0v) is 15.2. The Kier molecular flexibility index (Phi) is 4.81. The van der Waals surface area contributed by atoms with Crippen molar-refractivity contribution in [1.82, 2.24) is 26.3 Å². The highest BCUT2D eigenvalue weighted by Gasteiger charge is 2.34. The minimum Gasteiger partial charge on any atom is -0.350 e. The Labute approximate surface area is 160 Å². The lowest BCUT2D eigenvalue weighted by Crippen LogP contribution is -2.46. The summed E-state index contributed by atoms with van der Waals surface area (Å²) < 4.78 is 15.0. The summed E-state index contributed by atoms with van der Waals surface area (Å²) in [5, 5.41) is 0.810. The van der Waals surface area contributed by atoms with E-state index in [0.717, 1.165) is 16.5 Å². The molecule has 2 aromatic carbocycles. The van der Waals surface area contributed by atoms with Crippen LogP contribution in [0.15, 0.2) is 54.7 Å². The van der Waals surface area contributed by atoms with Crippen molar-refractivity contribution in [3.05, 3.63) is 71.7 Å². The molecule has 2 amide bonds. The molecule has 4 rings (SSSR count). The van der Waals surface area contributed by atoms with E-state index in [1.54, 1.807) is 18.3 Å². The van der Waals surface area contributed by atoms with E-state index in [-0.39, 0.29) is 23.7 Å². The van der Waals surface area contributed by atoms with Crippen LogP contribution >= 0.6 is 0 Å². The second-order valence-corrected chi connectivity index (χ2v) is 6.78. The van der Waals surface area contributed by atoms with Gasteiger partial charge in [0.2, 0.25) is 5.91 Å². The molecular formula is C20H20FN5O2. The lowest BCUT2D eigenvalue weighted by Gasteiger charge is -2.18. The van der Waals surface area contributed by atoms with E-state index in [1.807, 2.05) is 35.9 Å². The zero-order valence-electron chi connectivity index (χ0n) is 15.2. The van der Waals surface area contributed by atoms with Gasteiger partial charge in [0.1, 0.15) is 5.82 Å². The number of amides is 2. The molecule has 1 fully saturated rings. The minimum absolute atomic E-state index is 0.324. The fourth-order valence-electron chi connectivity index (χ4n) is 3.53. The fraction of sp³-hybridized carbons (Fsp3) is 0.200. The van der Waals surface area contributed by atoms with Crippen molar-refractivity contribution >= 4 is 22.7 Å². The summed E-state index contributed by atoms with van der Waals surface area (Å²) in [6.07, 6.45) is 1.73. The first-order valence-electron chi connectivity index (χ1n) is 8.92. The molecule has 1 aliphatic rings. The predicted octanol–water partition coefficient (Wildman–Crippen LogP) is 1.54. The highest BCUT2D eigenvalue weighted by Crippen LogP contribution is 2.25. The van der Waals surface area contributed by atoms with Gasteiger partial charge in [-0.15, -0.1) is 0 Å². The molecule has 28 heavy (non-hydrogen) atoms. The molecule has 0 saturated carbocycles. The Morgan fingerprint density at radius 3 is 2.64 bits per heavy atom. The van der Waals surface area contributed by atoms with Gasteiger partial charge in [-0.3, -0.25) is 25.9 Å². The van der Waals surface area contributed by atoms with Crippen LogP contribution in [0.5, 0.6) is 0 Å². The number of hydrogen-bond acceptors (Lipinski definition) is 4. The number of hydrazine groups is 2. The smallest absolute Gasteiger partial charge is 0.271 e. The third-order valence-electron chi connectivity index (χ3n) is 4.99. The van der Waals surface area contributed by atoms with Gasteiger partial charge in [0.05, 0.1) is 17.5 Å². The van der Waals surface area contributed by atoms with Crippen LogP contribution in [-0.2, 0) is 11.8 Å². The molecule has 2 unspecified atom stereocenters. The number of nitrogens with zero attached hydrogens (tertiary/aromatic N) is 1. The third-order valence-corrected chi connectivity index (χ3v) is 4.99. The van der Waals surface area contributed by atoms with Crippen molar-refractivity contribution in [3.63, 3.8) is 0 Å². The van der Waals surface area contributed by atoms with Crippen molar-refractivity contribution < 1.29 is 14.0 Å². The molecule has 0 bridgehead atoms. The number of aromatic nitrogens is 1. The second-order valence-electron chi connectivity index (χ2n) is 6.78. The normalized spacial score (nSPS) is 18.9. The number of carbonyl (C=O) groups excluding carboxylic acids is 2. The van der Waals surface area contributed by atoms with E-state index >= 15 is 0 Å². The summed E-state index contributed by atoms with van der Waals surface area (Å²) >= 11 is 0. The largest absolute Gasteiger partial charge is 0.350 e. The van der Waals surface area contributed by atoms with Crippen LogP contribution in [0, 0.1) is 11.7 Å². The van der Waals surface area contributed by atoms with Crippen LogP contribution in [0.2, 0.25) is 0 Å². The number of para-hydroxylation sites is 1. The molecule has 7 nitrogen and oxygen atoms in total. The Bertz CT molecular complexity index is 1030. The minimum atomic E-state index is -0.460. The molecule has 0 aliphatic carbocycles. The molecule has 3 aromatic rings. The predicted molar refractivity (Wildman–Crippen MR) is 102 cm³/mol. The van der Waals surface area contributed by atoms with Gasteiger partial charge in [0.25, 0.3) is 5.91 Å². The third kappa shape index (κ3) is 3.35. The van der Waals surface area contributed by atoms with E-state index in [4.69, 9.17) is 0 Å². The number of rotatable bonds is 3. The molecule has 4 N–H and O–H groups in total. The topological polar surface area (TPSA) is 87.2 Å². The summed E-state index contributed by atoms with van der Waals surface area (Å²) in [5.41, 5.74) is 13.2. The molecule has 0 spiro atoms. The monoisotopic (exact) mass is 381 g/mol. The molecule has 1 aliphatic heterocycles. The molecular weight excluding hydrogens is 361 g/mol. The maximum absolute atomic E-state index is 13.1. The van der Waals surface area contributed by atoms with Crippen LogP contribution in [0.1, 0.15) is 22.0 Å². The zero-order chi connectivity index (χ0) is 19.7. The number of halogens is 1. The summed E-state index contributed by atoms with van der Waals surface area (Å²) in [6.45, 7) is 0.387. The number of carbonyl (C=O) groups is 2. The highest BCUT2D eigenvalue weighted by molar-refractivity contribution is 6.07. The van der Waals surface area contributed by atoms with Crippen LogP contribution in [0.3, 0.4) is 0 Å². The first-order valence-corrected chi connectivity index (χ1v) is 8.92. The lowest BCUT2D eigenvalue weighted by molar-refractivity contribution is -0.125. The molecule has 2 heterocycles. The van der Waals surface area contributed by atoms with Crippen molar-refractivity contribution in [2.45, 2.75) is 6.04 Å². The Morgan fingerprint density at radius 2 is 1.86 bits per heavy atom. The molecule has 8 heteroatoms. The van der Waals surface area contributed by atoms with Gasteiger partial charge in [-0.05, 0) is 23.8 Å². The number of benzene rings is 2. The van der Waals surface area contributed by atoms with E-state index < -0.39 is 5.92 Å². The van der Waals surface area contributed by atoms with Crippen LogP contribution in [0.25, 0.3) is 10.9 Å². The van der Waals surface area contributed by atoms with Gasteiger partial charge in [0, 0.05) is 30.7 Å². The van der Waals surface area contributed by atoms with Gasteiger partial charge in [-0.2, -0.15) is 0 Å². The fourth-order valence-corrected chi connectivity index (χ4v) is 3.53. The van der Waals surface area contributed by atoms with E-state index in [9.17, 15) is 14.0 Å². The number of nitrogens with one attached hydrogen (secondary N) is 4. The standard InChI is InChI=1S/C20H20FN5O2/c1-26-11-16(14-4-2-3-5-17(14)26)20(28)25-24-19(27)15-10-22-23-18(15)12-6-8-13(21)9-7-12/h2-9,11,15,18,22-23H,10H2,1H3,(H,24,27)(H,25,28). The maximum atomic E-state index is 13.1. The number of fused-ring (bicyclic) bond motifs is 1. The van der Waals surface area contributed by atoms with Crippen LogP contribution in [0.4, 0.5) is 4.39 Å². The van der Waals surface area contributed by atoms with Crippen molar-refractivity contribution in [2.24, 2.45) is 13.0 Å². The van der Waals surface area contributed by atoms with Crippen molar-refractivity contribution in [2.75, 3.05) is 6.54 Å². The Hall–Kier alpha value is -3.23. The molecule has 0 radical (unpaired) electrons. The Morgan fingerprint density at radius 1 is 1.11 bits per heavy atom. The number of hydrogen-bond donors (Lipinski definition) is 4. The first-order chi connectivity index (χ1) is 13.5. The number of aryl methyl sites for hydroxylation is 1. The van der Waals surface area contributed by atoms with E-state index in [1.165, 1.54) is 12.1 Å². The highest BCUT2D eigenvalue weighted by atomic mass is 19.1. The molecule has 1 aromatic heterocycles. The van der Waals surface area contributed by atoms with E-state index in [0.29, 0.717) is 12.1 Å². The van der Waals surface area contributed by atoms with Crippen molar-refractivity contribution in [1.29, 1.82) is 0 Å². The van der Waals surface area contributed by atoms with Crippen LogP contribution < -0.4 is 21.7 Å². The summed E-state index contributed by atoms with van der Waals surface area (Å²) in [5.74, 6) is -1.51.